The molecular weight excluding hydrogens is 272 g/mol. The quantitative estimate of drug-likeness (QED) is 0.923. The summed E-state index contributed by atoms with van der Waals surface area (Å²) in [6.45, 7) is 6.58. The second-order valence-electron chi connectivity index (χ2n) is 5.33. The lowest BCUT2D eigenvalue weighted by Gasteiger charge is -2.27. The second kappa shape index (κ2) is 6.59. The molecule has 5 heteroatoms. The van der Waals surface area contributed by atoms with Crippen LogP contribution in [0.3, 0.4) is 0 Å². The largest absolute Gasteiger partial charge is 0.370 e. The third-order valence-electron chi connectivity index (χ3n) is 3.81. The molecule has 1 unspecified atom stereocenters. The smallest absolute Gasteiger partial charge is 0.152 e. The van der Waals surface area contributed by atoms with E-state index in [0.29, 0.717) is 18.7 Å². The van der Waals surface area contributed by atoms with Crippen LogP contribution in [0.4, 0.5) is 5.69 Å². The molecule has 4 nitrogen and oxygen atoms in total. The average molecular weight is 296 g/mol. The van der Waals surface area contributed by atoms with Crippen molar-refractivity contribution in [2.45, 2.75) is 26.3 Å². The molecule has 0 radical (unpaired) electrons. The molecule has 20 heavy (non-hydrogen) atoms. The van der Waals surface area contributed by atoms with Crippen molar-refractivity contribution in [2.24, 2.45) is 0 Å². The van der Waals surface area contributed by atoms with E-state index in [1.54, 1.807) is 0 Å². The molecule has 1 fully saturated rings. The van der Waals surface area contributed by atoms with Crippen LogP contribution in [0.15, 0.2) is 24.3 Å². The van der Waals surface area contributed by atoms with Crippen LogP contribution in [0.25, 0.3) is 0 Å². The zero-order valence-electron chi connectivity index (χ0n) is 12.3. The fourth-order valence-electron chi connectivity index (χ4n) is 2.74. The van der Waals surface area contributed by atoms with Gasteiger partial charge >= 0.3 is 0 Å². The number of rotatable bonds is 4. The molecule has 0 saturated carbocycles. The highest BCUT2D eigenvalue weighted by atomic mass is 32.2. The van der Waals surface area contributed by atoms with Crippen molar-refractivity contribution >= 4 is 15.5 Å². The molecule has 1 heterocycles. The van der Waals surface area contributed by atoms with Crippen molar-refractivity contribution in [3.63, 3.8) is 0 Å². The first-order valence-corrected chi connectivity index (χ1v) is 9.13. The number of nitrogens with one attached hydrogen (secondary N) is 1. The molecule has 1 aromatic rings. The van der Waals surface area contributed by atoms with Crippen molar-refractivity contribution in [3.05, 3.63) is 29.8 Å². The van der Waals surface area contributed by atoms with E-state index in [-0.39, 0.29) is 11.8 Å². The number of para-hydroxylation sites is 1. The second-order valence-corrected chi connectivity index (χ2v) is 7.63. The van der Waals surface area contributed by atoms with Gasteiger partial charge in [0.2, 0.25) is 0 Å². The maximum atomic E-state index is 11.7. The van der Waals surface area contributed by atoms with Crippen LogP contribution in [-0.4, -0.2) is 39.6 Å². The van der Waals surface area contributed by atoms with Gasteiger partial charge in [-0.05, 0) is 31.5 Å². The molecule has 1 aromatic carbocycles. The summed E-state index contributed by atoms with van der Waals surface area (Å²) in [6, 6.07) is 8.57. The predicted molar refractivity (Wildman–Crippen MR) is 84.0 cm³/mol. The minimum atomic E-state index is -2.86. The van der Waals surface area contributed by atoms with E-state index in [0.717, 1.165) is 18.8 Å². The Morgan fingerprint density at radius 3 is 2.75 bits per heavy atom. The SMILES string of the molecule is CCNC(C)c1ccccc1N1CCCS(=O)(=O)CC1. The highest BCUT2D eigenvalue weighted by molar-refractivity contribution is 7.91. The Kier molecular flexibility index (Phi) is 5.05. The van der Waals surface area contributed by atoms with E-state index in [2.05, 4.69) is 36.2 Å². The summed E-state index contributed by atoms with van der Waals surface area (Å²) in [5, 5.41) is 3.43. The van der Waals surface area contributed by atoms with E-state index in [1.165, 1.54) is 5.56 Å². The summed E-state index contributed by atoms with van der Waals surface area (Å²) >= 11 is 0. The van der Waals surface area contributed by atoms with Gasteiger partial charge in [-0.3, -0.25) is 0 Å². The first-order valence-electron chi connectivity index (χ1n) is 7.31. The Labute approximate surface area is 122 Å². The van der Waals surface area contributed by atoms with Gasteiger partial charge < -0.3 is 10.2 Å². The first-order chi connectivity index (χ1) is 9.53. The lowest BCUT2D eigenvalue weighted by molar-refractivity contribution is 0.595. The Hall–Kier alpha value is -1.07. The molecular formula is C15H24N2O2S. The summed E-state index contributed by atoms with van der Waals surface area (Å²) < 4.78 is 23.5. The lowest BCUT2D eigenvalue weighted by atomic mass is 10.0. The van der Waals surface area contributed by atoms with E-state index < -0.39 is 9.84 Å². The maximum absolute atomic E-state index is 11.7. The summed E-state index contributed by atoms with van der Waals surface area (Å²) in [6.07, 6.45) is 0.715. The van der Waals surface area contributed by atoms with Gasteiger partial charge in [0.15, 0.2) is 9.84 Å². The maximum Gasteiger partial charge on any atom is 0.152 e. The van der Waals surface area contributed by atoms with Crippen molar-refractivity contribution in [1.82, 2.24) is 5.32 Å². The number of hydrogen-bond acceptors (Lipinski definition) is 4. The standard InChI is InChI=1S/C15H24N2O2S/c1-3-16-13(2)14-7-4-5-8-15(14)17-9-6-11-20(18,19)12-10-17/h4-5,7-8,13,16H,3,6,9-12H2,1-2H3. The molecule has 0 aromatic heterocycles. The summed E-state index contributed by atoms with van der Waals surface area (Å²) in [5.41, 5.74) is 2.41. The molecule has 1 atom stereocenters. The topological polar surface area (TPSA) is 49.4 Å². The van der Waals surface area contributed by atoms with E-state index in [1.807, 2.05) is 12.1 Å². The van der Waals surface area contributed by atoms with Crippen molar-refractivity contribution in [1.29, 1.82) is 0 Å². The van der Waals surface area contributed by atoms with E-state index in [9.17, 15) is 8.42 Å². The monoisotopic (exact) mass is 296 g/mol. The van der Waals surface area contributed by atoms with Gasteiger partial charge in [0.1, 0.15) is 0 Å². The Morgan fingerprint density at radius 2 is 2.00 bits per heavy atom. The molecule has 1 aliphatic rings. The Bertz CT molecular complexity index is 543. The molecule has 0 bridgehead atoms. The van der Waals surface area contributed by atoms with E-state index >= 15 is 0 Å². The van der Waals surface area contributed by atoms with Gasteiger partial charge in [-0.2, -0.15) is 0 Å². The van der Waals surface area contributed by atoms with Crippen LogP contribution in [0, 0.1) is 0 Å². The van der Waals surface area contributed by atoms with Crippen molar-refractivity contribution < 1.29 is 8.42 Å². The minimum absolute atomic E-state index is 0.261. The average Bonchev–Trinajstić information content (AvgIpc) is 2.60. The van der Waals surface area contributed by atoms with Crippen LogP contribution in [0.2, 0.25) is 0 Å². The highest BCUT2D eigenvalue weighted by Crippen LogP contribution is 2.27. The molecule has 112 valence electrons. The normalized spacial score (nSPS) is 20.4. The molecule has 2 rings (SSSR count). The van der Waals surface area contributed by atoms with Gasteiger partial charge in [0.05, 0.1) is 11.5 Å². The van der Waals surface area contributed by atoms with Crippen molar-refractivity contribution in [2.75, 3.05) is 36.0 Å². The van der Waals surface area contributed by atoms with Crippen LogP contribution in [-0.2, 0) is 9.84 Å². The Morgan fingerprint density at radius 1 is 1.25 bits per heavy atom. The number of nitrogens with zero attached hydrogens (tertiary/aromatic N) is 1. The molecule has 1 aliphatic heterocycles. The fraction of sp³-hybridized carbons (Fsp3) is 0.600. The number of anilines is 1. The van der Waals surface area contributed by atoms with Crippen LogP contribution >= 0.6 is 0 Å². The molecule has 0 amide bonds. The third kappa shape index (κ3) is 3.73. The summed E-state index contributed by atoms with van der Waals surface area (Å²) in [7, 11) is -2.86. The number of sulfone groups is 1. The van der Waals surface area contributed by atoms with Gasteiger partial charge in [0.25, 0.3) is 0 Å². The Balaban J connectivity index is 2.24. The lowest BCUT2D eigenvalue weighted by Crippen LogP contribution is -2.29. The molecule has 0 aliphatic carbocycles. The molecule has 1 saturated heterocycles. The highest BCUT2D eigenvalue weighted by Gasteiger charge is 2.21. The fourth-order valence-corrected chi connectivity index (χ4v) is 4.01. The minimum Gasteiger partial charge on any atom is -0.370 e. The molecule has 0 spiro atoms. The summed E-state index contributed by atoms with van der Waals surface area (Å²) in [5.74, 6) is 0.575. The first kappa shape index (κ1) is 15.3. The van der Waals surface area contributed by atoms with Gasteiger partial charge in [0, 0.05) is 24.8 Å². The van der Waals surface area contributed by atoms with Crippen LogP contribution in [0.5, 0.6) is 0 Å². The number of benzene rings is 1. The zero-order valence-corrected chi connectivity index (χ0v) is 13.1. The van der Waals surface area contributed by atoms with Crippen LogP contribution < -0.4 is 10.2 Å². The summed E-state index contributed by atoms with van der Waals surface area (Å²) in [4.78, 5) is 2.22. The predicted octanol–water partition coefficient (Wildman–Crippen LogP) is 1.98. The van der Waals surface area contributed by atoms with Gasteiger partial charge in [-0.1, -0.05) is 25.1 Å². The van der Waals surface area contributed by atoms with Crippen molar-refractivity contribution in [3.8, 4) is 0 Å². The number of hydrogen-bond donors (Lipinski definition) is 1. The third-order valence-corrected chi connectivity index (χ3v) is 5.53. The van der Waals surface area contributed by atoms with Crippen LogP contribution in [0.1, 0.15) is 31.9 Å². The molecule has 1 N–H and O–H groups in total. The van der Waals surface area contributed by atoms with Gasteiger partial charge in [-0.25, -0.2) is 8.42 Å². The van der Waals surface area contributed by atoms with E-state index in [4.69, 9.17) is 0 Å². The zero-order chi connectivity index (χ0) is 14.6. The van der Waals surface area contributed by atoms with Gasteiger partial charge in [-0.15, -0.1) is 0 Å².